The molecule has 0 aliphatic carbocycles. The Hall–Kier alpha value is -0.450. The molecular formula is C12H21N3S. The van der Waals surface area contributed by atoms with Gasteiger partial charge < -0.3 is 5.73 Å². The highest BCUT2D eigenvalue weighted by atomic mass is 32.1. The van der Waals surface area contributed by atoms with Gasteiger partial charge in [0.1, 0.15) is 5.01 Å². The van der Waals surface area contributed by atoms with Crippen molar-refractivity contribution in [2.75, 3.05) is 13.1 Å². The average molecular weight is 239 g/mol. The first-order valence-corrected chi connectivity index (χ1v) is 6.92. The molecule has 2 unspecified atom stereocenters. The van der Waals surface area contributed by atoms with Crippen LogP contribution < -0.4 is 5.73 Å². The molecule has 0 aromatic carbocycles. The topological polar surface area (TPSA) is 42.1 Å². The Labute approximate surface area is 102 Å². The molecule has 16 heavy (non-hydrogen) atoms. The highest BCUT2D eigenvalue weighted by molar-refractivity contribution is 7.09. The average Bonchev–Trinajstić information content (AvgIpc) is 2.64. The Balaban J connectivity index is 1.90. The van der Waals surface area contributed by atoms with E-state index >= 15 is 0 Å². The second-order valence-corrected chi connectivity index (χ2v) is 5.82. The lowest BCUT2D eigenvalue weighted by Crippen LogP contribution is -2.41. The summed E-state index contributed by atoms with van der Waals surface area (Å²) in [5.74, 6) is 0.662. The Morgan fingerprint density at radius 1 is 1.69 bits per heavy atom. The van der Waals surface area contributed by atoms with E-state index < -0.39 is 0 Å². The second-order valence-electron chi connectivity index (χ2n) is 4.88. The van der Waals surface area contributed by atoms with Crippen molar-refractivity contribution in [3.63, 3.8) is 0 Å². The van der Waals surface area contributed by atoms with Crippen molar-refractivity contribution in [2.45, 2.75) is 39.3 Å². The van der Waals surface area contributed by atoms with Gasteiger partial charge in [-0.25, -0.2) is 4.98 Å². The minimum atomic E-state index is 0.320. The number of aromatic nitrogens is 1. The smallest absolute Gasteiger partial charge is 0.107 e. The molecule has 90 valence electrons. The van der Waals surface area contributed by atoms with Crippen molar-refractivity contribution < 1.29 is 0 Å². The van der Waals surface area contributed by atoms with E-state index in [0.29, 0.717) is 12.0 Å². The van der Waals surface area contributed by atoms with Crippen LogP contribution in [0.4, 0.5) is 0 Å². The number of thiazole rings is 1. The molecule has 2 rings (SSSR count). The third kappa shape index (κ3) is 3.03. The molecular weight excluding hydrogens is 218 g/mol. The molecule has 1 aromatic heterocycles. The molecule has 1 aliphatic heterocycles. The number of aryl methyl sites for hydroxylation is 1. The fourth-order valence-corrected chi connectivity index (χ4v) is 3.14. The van der Waals surface area contributed by atoms with Gasteiger partial charge in [-0.2, -0.15) is 0 Å². The summed E-state index contributed by atoms with van der Waals surface area (Å²) in [6, 6.07) is 0.320. The molecule has 3 nitrogen and oxygen atoms in total. The zero-order valence-electron chi connectivity index (χ0n) is 10.1. The van der Waals surface area contributed by atoms with E-state index in [1.807, 2.05) is 0 Å². The number of hydrogen-bond donors (Lipinski definition) is 1. The number of rotatable bonds is 3. The molecule has 4 heteroatoms. The van der Waals surface area contributed by atoms with E-state index in [2.05, 4.69) is 29.1 Å². The van der Waals surface area contributed by atoms with Crippen molar-refractivity contribution in [3.05, 3.63) is 16.1 Å². The summed E-state index contributed by atoms with van der Waals surface area (Å²) in [6.07, 6.45) is 2.56. The largest absolute Gasteiger partial charge is 0.328 e. The number of piperidine rings is 1. The van der Waals surface area contributed by atoms with Gasteiger partial charge in [0, 0.05) is 23.7 Å². The van der Waals surface area contributed by atoms with Crippen LogP contribution in [-0.2, 0) is 6.54 Å². The molecule has 1 aliphatic rings. The van der Waals surface area contributed by atoms with Gasteiger partial charge in [0.2, 0.25) is 0 Å². The van der Waals surface area contributed by atoms with Gasteiger partial charge in [0.15, 0.2) is 0 Å². The van der Waals surface area contributed by atoms with Crippen LogP contribution in [0.1, 0.15) is 30.5 Å². The first-order chi connectivity index (χ1) is 7.65. The molecule has 2 heterocycles. The van der Waals surface area contributed by atoms with E-state index in [4.69, 9.17) is 5.73 Å². The third-order valence-corrected chi connectivity index (χ3v) is 4.26. The Bertz CT molecular complexity index is 335. The van der Waals surface area contributed by atoms with Crippen LogP contribution in [0.3, 0.4) is 0 Å². The first-order valence-electron chi connectivity index (χ1n) is 6.04. The van der Waals surface area contributed by atoms with Crippen molar-refractivity contribution in [3.8, 4) is 0 Å². The Kier molecular flexibility index (Phi) is 3.95. The Morgan fingerprint density at radius 3 is 3.12 bits per heavy atom. The lowest BCUT2D eigenvalue weighted by atomic mass is 9.92. The Morgan fingerprint density at radius 2 is 2.50 bits per heavy atom. The minimum absolute atomic E-state index is 0.320. The predicted molar refractivity (Wildman–Crippen MR) is 68.5 cm³/mol. The van der Waals surface area contributed by atoms with Crippen LogP contribution in [0.15, 0.2) is 5.38 Å². The molecule has 1 aromatic rings. The monoisotopic (exact) mass is 239 g/mol. The lowest BCUT2D eigenvalue weighted by Gasteiger charge is -2.34. The van der Waals surface area contributed by atoms with E-state index in [0.717, 1.165) is 18.8 Å². The quantitative estimate of drug-likeness (QED) is 0.877. The van der Waals surface area contributed by atoms with Crippen molar-refractivity contribution >= 4 is 11.3 Å². The molecule has 2 atom stereocenters. The van der Waals surface area contributed by atoms with Crippen molar-refractivity contribution in [2.24, 2.45) is 11.7 Å². The second kappa shape index (κ2) is 5.25. The van der Waals surface area contributed by atoms with Gasteiger partial charge in [-0.15, -0.1) is 11.3 Å². The van der Waals surface area contributed by atoms with Crippen LogP contribution in [-0.4, -0.2) is 29.0 Å². The fourth-order valence-electron chi connectivity index (χ4n) is 2.33. The summed E-state index contributed by atoms with van der Waals surface area (Å²) in [7, 11) is 0. The first kappa shape index (κ1) is 12.0. The molecule has 1 fully saturated rings. The highest BCUT2D eigenvalue weighted by Gasteiger charge is 2.22. The standard InChI is InChI=1S/C12H21N3S/c1-9-8-16-12(14-9)7-15-5-3-4-11(6-15)10(2)13/h8,10-11H,3-7,13H2,1-2H3. The molecule has 0 amide bonds. The number of likely N-dealkylation sites (tertiary alicyclic amines) is 1. The SMILES string of the molecule is Cc1csc(CN2CCCC(C(C)N)C2)n1. The van der Waals surface area contributed by atoms with Gasteiger partial charge in [0.05, 0.1) is 6.54 Å². The van der Waals surface area contributed by atoms with E-state index in [-0.39, 0.29) is 0 Å². The number of hydrogen-bond acceptors (Lipinski definition) is 4. The maximum absolute atomic E-state index is 5.99. The van der Waals surface area contributed by atoms with Crippen LogP contribution in [0.25, 0.3) is 0 Å². The van der Waals surface area contributed by atoms with Crippen LogP contribution in [0.2, 0.25) is 0 Å². The van der Waals surface area contributed by atoms with Gasteiger partial charge in [0.25, 0.3) is 0 Å². The number of nitrogens with zero attached hydrogens (tertiary/aromatic N) is 2. The zero-order chi connectivity index (χ0) is 11.5. The molecule has 0 bridgehead atoms. The predicted octanol–water partition coefficient (Wildman–Crippen LogP) is 2.01. The van der Waals surface area contributed by atoms with Crippen molar-refractivity contribution in [1.29, 1.82) is 0 Å². The molecule has 2 N–H and O–H groups in total. The van der Waals surface area contributed by atoms with Gasteiger partial charge in [-0.3, -0.25) is 4.90 Å². The molecule has 1 saturated heterocycles. The maximum Gasteiger partial charge on any atom is 0.107 e. The summed E-state index contributed by atoms with van der Waals surface area (Å²) < 4.78 is 0. The summed E-state index contributed by atoms with van der Waals surface area (Å²) in [5.41, 5.74) is 7.13. The molecule has 0 spiro atoms. The summed E-state index contributed by atoms with van der Waals surface area (Å²) in [4.78, 5) is 7.02. The summed E-state index contributed by atoms with van der Waals surface area (Å²) >= 11 is 1.77. The van der Waals surface area contributed by atoms with E-state index in [1.165, 1.54) is 24.4 Å². The van der Waals surface area contributed by atoms with Gasteiger partial charge >= 0.3 is 0 Å². The lowest BCUT2D eigenvalue weighted by molar-refractivity contribution is 0.154. The highest BCUT2D eigenvalue weighted by Crippen LogP contribution is 2.21. The number of nitrogens with two attached hydrogens (primary N) is 1. The summed E-state index contributed by atoms with van der Waals surface area (Å²) in [6.45, 7) is 7.52. The molecule has 0 saturated carbocycles. The molecule has 0 radical (unpaired) electrons. The fraction of sp³-hybridized carbons (Fsp3) is 0.750. The van der Waals surface area contributed by atoms with E-state index in [1.54, 1.807) is 11.3 Å². The minimum Gasteiger partial charge on any atom is -0.328 e. The van der Waals surface area contributed by atoms with E-state index in [9.17, 15) is 0 Å². The van der Waals surface area contributed by atoms with Crippen LogP contribution in [0, 0.1) is 12.8 Å². The van der Waals surface area contributed by atoms with Crippen molar-refractivity contribution in [1.82, 2.24) is 9.88 Å². The van der Waals surface area contributed by atoms with Crippen LogP contribution >= 0.6 is 11.3 Å². The third-order valence-electron chi connectivity index (χ3n) is 3.31. The zero-order valence-corrected chi connectivity index (χ0v) is 11.0. The van der Waals surface area contributed by atoms with Crippen LogP contribution in [0.5, 0.6) is 0 Å². The maximum atomic E-state index is 5.99. The normalized spacial score (nSPS) is 24.6. The van der Waals surface area contributed by atoms with Gasteiger partial charge in [-0.1, -0.05) is 0 Å². The van der Waals surface area contributed by atoms with Gasteiger partial charge in [-0.05, 0) is 39.2 Å². The summed E-state index contributed by atoms with van der Waals surface area (Å²) in [5, 5.41) is 3.37.